The quantitative estimate of drug-likeness (QED) is 0.320. The first-order valence-corrected chi connectivity index (χ1v) is 7.56. The van der Waals surface area contributed by atoms with Gasteiger partial charge in [0, 0.05) is 22.7 Å². The maximum atomic E-state index is 11.5. The van der Waals surface area contributed by atoms with Crippen LogP contribution < -0.4 is 4.74 Å². The van der Waals surface area contributed by atoms with Crippen molar-refractivity contribution in [3.05, 3.63) is 35.4 Å². The van der Waals surface area contributed by atoms with Gasteiger partial charge in [-0.15, -0.1) is 0 Å². The fraction of sp³-hybridized carbons (Fsp3) is 0.312. The molecule has 0 bridgehead atoms. The third-order valence-corrected chi connectivity index (χ3v) is 3.09. The lowest BCUT2D eigenvalue weighted by Gasteiger charge is -2.07. The molecule has 0 fully saturated rings. The van der Waals surface area contributed by atoms with Gasteiger partial charge < -0.3 is 14.3 Å². The van der Waals surface area contributed by atoms with Gasteiger partial charge in [-0.25, -0.2) is 9.78 Å². The van der Waals surface area contributed by atoms with Crippen LogP contribution in [0.3, 0.4) is 0 Å². The molecule has 0 amide bonds. The van der Waals surface area contributed by atoms with Crippen molar-refractivity contribution < 1.29 is 19.1 Å². The molecule has 2 rings (SSSR count). The number of ether oxygens (including phenoxy) is 2. The number of hydrogen-bond donors (Lipinski definition) is 0. The van der Waals surface area contributed by atoms with Crippen LogP contribution in [0.4, 0.5) is 0 Å². The first kappa shape index (κ1) is 17.0. The van der Waals surface area contributed by atoms with Crippen molar-refractivity contribution in [2.24, 2.45) is 5.16 Å². The van der Waals surface area contributed by atoms with Crippen molar-refractivity contribution >= 4 is 34.7 Å². The molecule has 1 aromatic heterocycles. The molecule has 122 valence electrons. The largest absolute Gasteiger partial charge is 0.466 e. The second-order valence-corrected chi connectivity index (χ2v) is 4.90. The summed E-state index contributed by atoms with van der Waals surface area (Å²) in [5.74, 6) is -0.165. The molecule has 7 heteroatoms. The molecular formula is C16H17ClN2O4. The number of benzene rings is 1. The van der Waals surface area contributed by atoms with Crippen LogP contribution >= 0.6 is 11.6 Å². The smallest absolute Gasteiger partial charge is 0.344 e. The van der Waals surface area contributed by atoms with Gasteiger partial charge in [0.2, 0.25) is 5.88 Å². The summed E-state index contributed by atoms with van der Waals surface area (Å²) in [6.45, 7) is 2.04. The Bertz CT molecular complexity index is 691. The highest BCUT2D eigenvalue weighted by Crippen LogP contribution is 2.23. The normalized spacial score (nSPS) is 10.9. The second-order valence-electron chi connectivity index (χ2n) is 4.49. The Morgan fingerprint density at radius 2 is 2.17 bits per heavy atom. The predicted octanol–water partition coefficient (Wildman–Crippen LogP) is 3.22. The van der Waals surface area contributed by atoms with E-state index in [0.717, 1.165) is 11.8 Å². The molecule has 0 N–H and O–H groups in total. The van der Waals surface area contributed by atoms with Crippen LogP contribution in [0.25, 0.3) is 10.9 Å². The standard InChI is InChI=1S/C16H17ClN2O4/c1-2-8-18-23-10-9-21-16(20)11-22-15-7-6-12-13(17)4-3-5-14(12)19-15/h3-8H,2,9-11H2,1H3. The highest BCUT2D eigenvalue weighted by atomic mass is 35.5. The molecular weight excluding hydrogens is 320 g/mol. The first-order chi connectivity index (χ1) is 11.2. The number of nitrogens with zero attached hydrogens (tertiary/aromatic N) is 2. The summed E-state index contributed by atoms with van der Waals surface area (Å²) in [5.41, 5.74) is 0.700. The van der Waals surface area contributed by atoms with E-state index >= 15 is 0 Å². The first-order valence-electron chi connectivity index (χ1n) is 7.18. The maximum Gasteiger partial charge on any atom is 0.344 e. The molecule has 1 aromatic carbocycles. The van der Waals surface area contributed by atoms with Gasteiger partial charge in [0.15, 0.2) is 13.2 Å². The van der Waals surface area contributed by atoms with Crippen molar-refractivity contribution in [1.82, 2.24) is 4.98 Å². The molecule has 0 aliphatic carbocycles. The number of carbonyl (C=O) groups excluding carboxylic acids is 1. The van der Waals surface area contributed by atoms with Crippen LogP contribution in [0.5, 0.6) is 5.88 Å². The Balaban J connectivity index is 1.77. The number of esters is 1. The van der Waals surface area contributed by atoms with E-state index in [1.54, 1.807) is 30.5 Å². The topological polar surface area (TPSA) is 70.0 Å². The lowest BCUT2D eigenvalue weighted by molar-refractivity contribution is -0.147. The highest BCUT2D eigenvalue weighted by molar-refractivity contribution is 6.35. The number of aromatic nitrogens is 1. The average Bonchev–Trinajstić information content (AvgIpc) is 2.56. The van der Waals surface area contributed by atoms with E-state index in [4.69, 9.17) is 25.9 Å². The minimum atomic E-state index is -0.499. The van der Waals surface area contributed by atoms with Crippen LogP contribution in [0.15, 0.2) is 35.5 Å². The molecule has 0 saturated carbocycles. The van der Waals surface area contributed by atoms with Gasteiger partial charge in [0.05, 0.1) is 5.52 Å². The number of carbonyl (C=O) groups is 1. The zero-order chi connectivity index (χ0) is 16.5. The monoisotopic (exact) mass is 336 g/mol. The molecule has 1 heterocycles. The van der Waals surface area contributed by atoms with Gasteiger partial charge in [0.1, 0.15) is 6.61 Å². The number of fused-ring (bicyclic) bond motifs is 1. The minimum absolute atomic E-state index is 0.115. The van der Waals surface area contributed by atoms with Crippen molar-refractivity contribution in [1.29, 1.82) is 0 Å². The highest BCUT2D eigenvalue weighted by Gasteiger charge is 2.07. The van der Waals surface area contributed by atoms with E-state index in [-0.39, 0.29) is 19.8 Å². The van der Waals surface area contributed by atoms with Crippen molar-refractivity contribution in [2.75, 3.05) is 19.8 Å². The zero-order valence-corrected chi connectivity index (χ0v) is 13.5. The van der Waals surface area contributed by atoms with Crippen molar-refractivity contribution in [2.45, 2.75) is 13.3 Å². The van der Waals surface area contributed by atoms with Crippen molar-refractivity contribution in [3.8, 4) is 5.88 Å². The van der Waals surface area contributed by atoms with Gasteiger partial charge in [-0.1, -0.05) is 29.7 Å². The van der Waals surface area contributed by atoms with E-state index in [0.29, 0.717) is 16.4 Å². The molecule has 0 aliphatic rings. The Kier molecular flexibility index (Phi) is 6.62. The van der Waals surface area contributed by atoms with E-state index in [2.05, 4.69) is 10.1 Å². The lowest BCUT2D eigenvalue weighted by atomic mass is 10.2. The maximum absolute atomic E-state index is 11.5. The van der Waals surface area contributed by atoms with Gasteiger partial charge in [-0.2, -0.15) is 0 Å². The van der Waals surface area contributed by atoms with Gasteiger partial charge in [-0.05, 0) is 24.6 Å². The summed E-state index contributed by atoms with van der Waals surface area (Å²) in [5, 5.41) is 5.09. The summed E-state index contributed by atoms with van der Waals surface area (Å²) in [6.07, 6.45) is 2.42. The Labute approximate surface area is 139 Å². The molecule has 2 aromatic rings. The Hall–Kier alpha value is -2.34. The third kappa shape index (κ3) is 5.41. The van der Waals surface area contributed by atoms with Crippen LogP contribution in [-0.2, 0) is 14.4 Å². The predicted molar refractivity (Wildman–Crippen MR) is 87.9 cm³/mol. The minimum Gasteiger partial charge on any atom is -0.466 e. The van der Waals surface area contributed by atoms with Crippen molar-refractivity contribution in [3.63, 3.8) is 0 Å². The fourth-order valence-corrected chi connectivity index (χ4v) is 1.96. The SMILES string of the molecule is CCC=NOCCOC(=O)COc1ccc2c(Cl)cccc2n1. The van der Waals surface area contributed by atoms with Crippen LogP contribution in [0.2, 0.25) is 5.02 Å². The van der Waals surface area contributed by atoms with E-state index in [1.165, 1.54) is 0 Å². The van der Waals surface area contributed by atoms with Crippen LogP contribution in [-0.4, -0.2) is 37.0 Å². The number of hydrogen-bond acceptors (Lipinski definition) is 6. The summed E-state index contributed by atoms with van der Waals surface area (Å²) in [6, 6.07) is 8.86. The number of pyridine rings is 1. The summed E-state index contributed by atoms with van der Waals surface area (Å²) in [4.78, 5) is 20.7. The Morgan fingerprint density at radius 1 is 1.30 bits per heavy atom. The van der Waals surface area contributed by atoms with E-state index in [1.807, 2.05) is 13.0 Å². The summed E-state index contributed by atoms with van der Waals surface area (Å²) < 4.78 is 10.3. The fourth-order valence-electron chi connectivity index (χ4n) is 1.73. The molecule has 23 heavy (non-hydrogen) atoms. The lowest BCUT2D eigenvalue weighted by Crippen LogP contribution is -2.17. The molecule has 0 radical (unpaired) electrons. The van der Waals surface area contributed by atoms with Crippen LogP contribution in [0.1, 0.15) is 13.3 Å². The average molecular weight is 337 g/mol. The molecule has 6 nitrogen and oxygen atoms in total. The zero-order valence-electron chi connectivity index (χ0n) is 12.7. The third-order valence-electron chi connectivity index (χ3n) is 2.76. The summed E-state index contributed by atoms with van der Waals surface area (Å²) >= 11 is 6.06. The molecule has 0 spiro atoms. The summed E-state index contributed by atoms with van der Waals surface area (Å²) in [7, 11) is 0. The molecule has 0 unspecified atom stereocenters. The van der Waals surface area contributed by atoms with Gasteiger partial charge in [0.25, 0.3) is 0 Å². The number of halogens is 1. The molecule has 0 saturated heterocycles. The van der Waals surface area contributed by atoms with Gasteiger partial charge in [-0.3, -0.25) is 0 Å². The van der Waals surface area contributed by atoms with E-state index < -0.39 is 5.97 Å². The molecule has 0 atom stereocenters. The van der Waals surface area contributed by atoms with Gasteiger partial charge >= 0.3 is 5.97 Å². The molecule has 0 aliphatic heterocycles. The van der Waals surface area contributed by atoms with E-state index in [9.17, 15) is 4.79 Å². The number of rotatable bonds is 8. The number of oxime groups is 1. The van der Waals surface area contributed by atoms with Crippen LogP contribution in [0, 0.1) is 0 Å². The second kappa shape index (κ2) is 8.95. The Morgan fingerprint density at radius 3 is 3.00 bits per heavy atom.